The Kier molecular flexibility index (Phi) is 6.89. The second-order valence-electron chi connectivity index (χ2n) is 8.04. The molecule has 1 amide bonds. The van der Waals surface area contributed by atoms with E-state index in [1.807, 2.05) is 4.90 Å². The number of para-hydroxylation sites is 1. The van der Waals surface area contributed by atoms with Crippen molar-refractivity contribution in [3.8, 4) is 0 Å². The number of nitrogens with zero attached hydrogens (tertiary/aromatic N) is 4. The SMILES string of the molecule is CCCCN(C)CCC(=O)N1CCN(c2cc(C)c3cccc(C)c3n2)CC1. The molecule has 5 nitrogen and oxygen atoms in total. The molecule has 28 heavy (non-hydrogen) atoms. The van der Waals surface area contributed by atoms with Crippen molar-refractivity contribution >= 4 is 22.6 Å². The first-order chi connectivity index (χ1) is 13.5. The van der Waals surface area contributed by atoms with Gasteiger partial charge >= 0.3 is 0 Å². The highest BCUT2D eigenvalue weighted by atomic mass is 16.2. The van der Waals surface area contributed by atoms with E-state index in [0.717, 1.165) is 50.6 Å². The molecule has 1 aliphatic rings. The first kappa shape index (κ1) is 20.6. The van der Waals surface area contributed by atoms with Gasteiger partial charge in [-0.1, -0.05) is 31.5 Å². The zero-order valence-corrected chi connectivity index (χ0v) is 17.9. The zero-order valence-electron chi connectivity index (χ0n) is 17.9. The third-order valence-corrected chi connectivity index (χ3v) is 5.79. The summed E-state index contributed by atoms with van der Waals surface area (Å²) in [5, 5.41) is 1.23. The normalized spacial score (nSPS) is 14.9. The Morgan fingerprint density at radius 1 is 1.11 bits per heavy atom. The van der Waals surface area contributed by atoms with Gasteiger partial charge in [-0.3, -0.25) is 4.79 Å². The number of aromatic nitrogens is 1. The Balaban J connectivity index is 1.57. The number of aryl methyl sites for hydroxylation is 2. The van der Waals surface area contributed by atoms with Crippen molar-refractivity contribution in [3.63, 3.8) is 0 Å². The summed E-state index contributed by atoms with van der Waals surface area (Å²) in [6.45, 7) is 11.7. The van der Waals surface area contributed by atoms with E-state index in [9.17, 15) is 4.79 Å². The lowest BCUT2D eigenvalue weighted by Crippen LogP contribution is -2.49. The predicted molar refractivity (Wildman–Crippen MR) is 117 cm³/mol. The van der Waals surface area contributed by atoms with E-state index in [-0.39, 0.29) is 5.91 Å². The van der Waals surface area contributed by atoms with Gasteiger partial charge in [0.15, 0.2) is 0 Å². The molecule has 1 aromatic carbocycles. The number of benzene rings is 1. The second kappa shape index (κ2) is 9.37. The van der Waals surface area contributed by atoms with Gasteiger partial charge in [0.25, 0.3) is 0 Å². The Morgan fingerprint density at radius 3 is 2.57 bits per heavy atom. The van der Waals surface area contributed by atoms with E-state index in [1.165, 1.54) is 29.4 Å². The minimum Gasteiger partial charge on any atom is -0.353 e. The van der Waals surface area contributed by atoms with Gasteiger partial charge in [-0.05, 0) is 51.1 Å². The quantitative estimate of drug-likeness (QED) is 0.733. The Bertz CT molecular complexity index is 812. The summed E-state index contributed by atoms with van der Waals surface area (Å²) >= 11 is 0. The molecular weight excluding hydrogens is 348 g/mol. The zero-order chi connectivity index (χ0) is 20.1. The van der Waals surface area contributed by atoms with Gasteiger partial charge in [0.1, 0.15) is 5.82 Å². The molecule has 0 unspecified atom stereocenters. The van der Waals surface area contributed by atoms with Crippen LogP contribution in [-0.2, 0) is 4.79 Å². The number of anilines is 1. The number of carbonyl (C=O) groups excluding carboxylic acids is 1. The van der Waals surface area contributed by atoms with Crippen LogP contribution < -0.4 is 4.90 Å². The summed E-state index contributed by atoms with van der Waals surface area (Å²) in [6, 6.07) is 8.54. The number of rotatable bonds is 7. The molecule has 5 heteroatoms. The first-order valence-electron chi connectivity index (χ1n) is 10.6. The molecule has 1 saturated heterocycles. The van der Waals surface area contributed by atoms with Crippen molar-refractivity contribution in [1.29, 1.82) is 0 Å². The summed E-state index contributed by atoms with van der Waals surface area (Å²) in [5.41, 5.74) is 3.56. The van der Waals surface area contributed by atoms with Crippen LogP contribution >= 0.6 is 0 Å². The molecule has 0 aliphatic carbocycles. The van der Waals surface area contributed by atoms with E-state index in [2.05, 4.69) is 61.9 Å². The number of piperazine rings is 1. The average molecular weight is 383 g/mol. The number of hydrogen-bond donors (Lipinski definition) is 0. The number of carbonyl (C=O) groups is 1. The largest absolute Gasteiger partial charge is 0.353 e. The molecule has 152 valence electrons. The van der Waals surface area contributed by atoms with Crippen LogP contribution in [0.1, 0.15) is 37.3 Å². The van der Waals surface area contributed by atoms with E-state index < -0.39 is 0 Å². The molecular formula is C23H34N4O. The van der Waals surface area contributed by atoms with Gasteiger partial charge in [-0.25, -0.2) is 4.98 Å². The molecule has 0 radical (unpaired) electrons. The maximum atomic E-state index is 12.6. The van der Waals surface area contributed by atoms with E-state index >= 15 is 0 Å². The smallest absolute Gasteiger partial charge is 0.223 e. The molecule has 0 bridgehead atoms. The Morgan fingerprint density at radius 2 is 1.86 bits per heavy atom. The molecule has 0 N–H and O–H groups in total. The number of unbranched alkanes of at least 4 members (excludes halogenated alkanes) is 1. The standard InChI is InChI=1S/C23H34N4O/c1-5-6-11-25(4)12-10-22(28)27-15-13-26(14-16-27)21-17-19(3)20-9-7-8-18(2)23(20)24-21/h7-9,17H,5-6,10-16H2,1-4H3. The third kappa shape index (κ3) is 4.82. The van der Waals surface area contributed by atoms with Crippen molar-refractivity contribution in [2.24, 2.45) is 0 Å². The van der Waals surface area contributed by atoms with Crippen LogP contribution in [0.4, 0.5) is 5.82 Å². The molecule has 1 aromatic heterocycles. The maximum absolute atomic E-state index is 12.6. The van der Waals surface area contributed by atoms with Gasteiger partial charge in [0.05, 0.1) is 5.52 Å². The fourth-order valence-corrected chi connectivity index (χ4v) is 3.88. The lowest BCUT2D eigenvalue weighted by molar-refractivity contribution is -0.131. The topological polar surface area (TPSA) is 39.7 Å². The lowest BCUT2D eigenvalue weighted by atomic mass is 10.1. The highest BCUT2D eigenvalue weighted by Crippen LogP contribution is 2.25. The van der Waals surface area contributed by atoms with Crippen molar-refractivity contribution in [2.45, 2.75) is 40.0 Å². The third-order valence-electron chi connectivity index (χ3n) is 5.79. The van der Waals surface area contributed by atoms with Crippen molar-refractivity contribution in [3.05, 3.63) is 35.4 Å². The Labute approximate surface area is 169 Å². The van der Waals surface area contributed by atoms with Crippen LogP contribution in [0.15, 0.2) is 24.3 Å². The molecule has 2 aromatic rings. The molecule has 0 atom stereocenters. The molecule has 1 aliphatic heterocycles. The fraction of sp³-hybridized carbons (Fsp3) is 0.565. The molecule has 2 heterocycles. The van der Waals surface area contributed by atoms with Gasteiger partial charge in [-0.2, -0.15) is 0 Å². The lowest BCUT2D eigenvalue weighted by Gasteiger charge is -2.36. The molecule has 3 rings (SSSR count). The van der Waals surface area contributed by atoms with Gasteiger partial charge in [0, 0.05) is 44.5 Å². The molecule has 0 saturated carbocycles. The number of amides is 1. The van der Waals surface area contributed by atoms with Gasteiger partial charge < -0.3 is 14.7 Å². The summed E-state index contributed by atoms with van der Waals surface area (Å²) in [5.74, 6) is 1.31. The summed E-state index contributed by atoms with van der Waals surface area (Å²) in [7, 11) is 2.11. The summed E-state index contributed by atoms with van der Waals surface area (Å²) in [4.78, 5) is 24.1. The van der Waals surface area contributed by atoms with Gasteiger partial charge in [0.2, 0.25) is 5.91 Å². The number of fused-ring (bicyclic) bond motifs is 1. The Hall–Kier alpha value is -2.14. The highest BCUT2D eigenvalue weighted by molar-refractivity contribution is 5.86. The van der Waals surface area contributed by atoms with E-state index in [4.69, 9.17) is 4.98 Å². The second-order valence-corrected chi connectivity index (χ2v) is 8.04. The van der Waals surface area contributed by atoms with Gasteiger partial charge in [-0.15, -0.1) is 0 Å². The number of pyridine rings is 1. The minimum atomic E-state index is 0.279. The average Bonchev–Trinajstić information content (AvgIpc) is 2.71. The summed E-state index contributed by atoms with van der Waals surface area (Å²) in [6.07, 6.45) is 3.01. The van der Waals surface area contributed by atoms with Crippen LogP contribution in [-0.4, -0.2) is 67.0 Å². The molecule has 1 fully saturated rings. The summed E-state index contributed by atoms with van der Waals surface area (Å²) < 4.78 is 0. The molecule has 0 spiro atoms. The highest BCUT2D eigenvalue weighted by Gasteiger charge is 2.22. The van der Waals surface area contributed by atoms with Crippen LogP contribution in [0.5, 0.6) is 0 Å². The van der Waals surface area contributed by atoms with Crippen molar-refractivity contribution in [1.82, 2.24) is 14.8 Å². The van der Waals surface area contributed by atoms with Crippen LogP contribution in [0.2, 0.25) is 0 Å². The van der Waals surface area contributed by atoms with E-state index in [0.29, 0.717) is 6.42 Å². The first-order valence-corrected chi connectivity index (χ1v) is 10.6. The van der Waals surface area contributed by atoms with E-state index in [1.54, 1.807) is 0 Å². The predicted octanol–water partition coefficient (Wildman–Crippen LogP) is 3.62. The van der Waals surface area contributed by atoms with Crippen molar-refractivity contribution < 1.29 is 4.79 Å². The van der Waals surface area contributed by atoms with Crippen LogP contribution in [0, 0.1) is 13.8 Å². The maximum Gasteiger partial charge on any atom is 0.223 e. The number of hydrogen-bond acceptors (Lipinski definition) is 4. The van der Waals surface area contributed by atoms with Crippen LogP contribution in [0.3, 0.4) is 0 Å². The fourth-order valence-electron chi connectivity index (χ4n) is 3.88. The monoisotopic (exact) mass is 382 g/mol. The van der Waals surface area contributed by atoms with Crippen molar-refractivity contribution in [2.75, 3.05) is 51.2 Å². The van der Waals surface area contributed by atoms with Crippen LogP contribution in [0.25, 0.3) is 10.9 Å². The minimum absolute atomic E-state index is 0.279.